The third-order valence-corrected chi connectivity index (χ3v) is 3.93. The summed E-state index contributed by atoms with van der Waals surface area (Å²) in [5.41, 5.74) is 1.86. The van der Waals surface area contributed by atoms with Crippen LogP contribution in [-0.2, 0) is 13.5 Å². The highest BCUT2D eigenvalue weighted by Gasteiger charge is 2.20. The predicted octanol–water partition coefficient (Wildman–Crippen LogP) is 3.27. The summed E-state index contributed by atoms with van der Waals surface area (Å²) < 4.78 is 29.9. The molecule has 1 unspecified atom stereocenters. The molecule has 2 aromatic rings. The molecule has 0 saturated carbocycles. The van der Waals surface area contributed by atoms with Gasteiger partial charge in [-0.15, -0.1) is 0 Å². The zero-order valence-corrected chi connectivity index (χ0v) is 13.1. The van der Waals surface area contributed by atoms with Crippen LogP contribution in [0.4, 0.5) is 8.78 Å². The number of hydrogen-bond acceptors (Lipinski definition) is 2. The van der Waals surface area contributed by atoms with E-state index in [4.69, 9.17) is 0 Å². The standard InChI is InChI=1S/C14H16BrF2N3/c1-8-10(7-20(3)19-8)13(18-2)6-9-12(16)5-4-11(15)14(9)17/h4-5,7,13,18H,6H2,1-3H3. The number of rotatable bonds is 4. The Labute approximate surface area is 125 Å². The summed E-state index contributed by atoms with van der Waals surface area (Å²) in [4.78, 5) is 0. The maximum atomic E-state index is 14.0. The third kappa shape index (κ3) is 2.91. The van der Waals surface area contributed by atoms with E-state index in [0.29, 0.717) is 0 Å². The molecule has 0 fully saturated rings. The minimum absolute atomic E-state index is 0.0713. The SMILES string of the molecule is CNC(Cc1c(F)ccc(Br)c1F)c1cn(C)nc1C. The lowest BCUT2D eigenvalue weighted by Crippen LogP contribution is -2.20. The Kier molecular flexibility index (Phi) is 4.55. The van der Waals surface area contributed by atoms with E-state index in [1.54, 1.807) is 11.7 Å². The molecule has 2 rings (SSSR count). The topological polar surface area (TPSA) is 29.9 Å². The van der Waals surface area contributed by atoms with Crippen molar-refractivity contribution in [1.82, 2.24) is 15.1 Å². The molecule has 0 aliphatic carbocycles. The van der Waals surface area contributed by atoms with Crippen LogP contribution in [0.1, 0.15) is 22.9 Å². The zero-order chi connectivity index (χ0) is 14.9. The number of halogens is 3. The van der Waals surface area contributed by atoms with Gasteiger partial charge < -0.3 is 5.32 Å². The molecule has 3 nitrogen and oxygen atoms in total. The van der Waals surface area contributed by atoms with E-state index in [2.05, 4.69) is 26.3 Å². The minimum atomic E-state index is -0.549. The van der Waals surface area contributed by atoms with E-state index < -0.39 is 11.6 Å². The molecular weight excluding hydrogens is 328 g/mol. The number of nitrogens with one attached hydrogen (secondary N) is 1. The maximum Gasteiger partial charge on any atom is 0.143 e. The average Bonchev–Trinajstić information content (AvgIpc) is 2.74. The van der Waals surface area contributed by atoms with Gasteiger partial charge in [0.1, 0.15) is 11.6 Å². The van der Waals surface area contributed by atoms with Gasteiger partial charge in [0.25, 0.3) is 0 Å². The second kappa shape index (κ2) is 6.01. The fourth-order valence-electron chi connectivity index (χ4n) is 2.29. The average molecular weight is 344 g/mol. The van der Waals surface area contributed by atoms with Gasteiger partial charge in [-0.3, -0.25) is 4.68 Å². The molecule has 0 aliphatic heterocycles. The number of nitrogens with zero attached hydrogens (tertiary/aromatic N) is 2. The van der Waals surface area contributed by atoms with Gasteiger partial charge in [-0.2, -0.15) is 5.10 Å². The van der Waals surface area contributed by atoms with Gasteiger partial charge in [-0.25, -0.2) is 8.78 Å². The number of aromatic nitrogens is 2. The van der Waals surface area contributed by atoms with E-state index in [1.807, 2.05) is 20.2 Å². The molecule has 0 spiro atoms. The lowest BCUT2D eigenvalue weighted by atomic mass is 9.99. The number of hydrogen-bond donors (Lipinski definition) is 1. The Morgan fingerprint density at radius 2 is 2.10 bits per heavy atom. The van der Waals surface area contributed by atoms with Crippen LogP contribution >= 0.6 is 15.9 Å². The van der Waals surface area contributed by atoms with Crippen molar-refractivity contribution in [3.8, 4) is 0 Å². The Balaban J connectivity index is 2.36. The molecular formula is C14H16BrF2N3. The van der Waals surface area contributed by atoms with Crippen molar-refractivity contribution in [3.05, 3.63) is 51.3 Å². The van der Waals surface area contributed by atoms with E-state index in [9.17, 15) is 8.78 Å². The van der Waals surface area contributed by atoms with E-state index >= 15 is 0 Å². The highest BCUT2D eigenvalue weighted by Crippen LogP contribution is 2.27. The summed E-state index contributed by atoms with van der Waals surface area (Å²) in [5.74, 6) is -1.08. The second-order valence-electron chi connectivity index (χ2n) is 4.71. The Morgan fingerprint density at radius 3 is 2.65 bits per heavy atom. The van der Waals surface area contributed by atoms with E-state index in [0.717, 1.165) is 11.3 Å². The monoisotopic (exact) mass is 343 g/mol. The van der Waals surface area contributed by atoms with Crippen molar-refractivity contribution in [2.45, 2.75) is 19.4 Å². The highest BCUT2D eigenvalue weighted by atomic mass is 79.9. The first-order valence-electron chi connectivity index (χ1n) is 6.23. The first-order valence-corrected chi connectivity index (χ1v) is 7.03. The third-order valence-electron chi connectivity index (χ3n) is 3.32. The molecule has 0 radical (unpaired) electrons. The number of likely N-dealkylation sites (N-methyl/N-ethyl adjacent to an activating group) is 1. The van der Waals surface area contributed by atoms with Crippen LogP contribution in [0, 0.1) is 18.6 Å². The second-order valence-corrected chi connectivity index (χ2v) is 5.56. The molecule has 0 saturated heterocycles. The molecule has 108 valence electrons. The summed E-state index contributed by atoms with van der Waals surface area (Å²) >= 11 is 3.09. The molecule has 0 bridgehead atoms. The van der Waals surface area contributed by atoms with Gasteiger partial charge in [0, 0.05) is 30.4 Å². The van der Waals surface area contributed by atoms with Crippen molar-refractivity contribution in [2.24, 2.45) is 7.05 Å². The van der Waals surface area contributed by atoms with Gasteiger partial charge in [-0.05, 0) is 48.5 Å². The summed E-state index contributed by atoms with van der Waals surface area (Å²) in [7, 11) is 3.59. The molecule has 1 aromatic heterocycles. The van der Waals surface area contributed by atoms with Crippen LogP contribution in [0.3, 0.4) is 0 Å². The van der Waals surface area contributed by atoms with Crippen LogP contribution in [0.2, 0.25) is 0 Å². The lowest BCUT2D eigenvalue weighted by Gasteiger charge is -2.17. The quantitative estimate of drug-likeness (QED) is 0.863. The van der Waals surface area contributed by atoms with Crippen LogP contribution in [0.5, 0.6) is 0 Å². The number of benzene rings is 1. The Morgan fingerprint density at radius 1 is 1.40 bits per heavy atom. The molecule has 1 heterocycles. The largest absolute Gasteiger partial charge is 0.313 e. The van der Waals surface area contributed by atoms with Crippen molar-refractivity contribution in [3.63, 3.8) is 0 Å². The molecule has 0 aliphatic rings. The smallest absolute Gasteiger partial charge is 0.143 e. The Hall–Kier alpha value is -1.27. The summed E-state index contributed by atoms with van der Waals surface area (Å²) in [6, 6.07) is 2.45. The minimum Gasteiger partial charge on any atom is -0.313 e. The zero-order valence-electron chi connectivity index (χ0n) is 11.5. The van der Waals surface area contributed by atoms with Crippen LogP contribution in [0.15, 0.2) is 22.8 Å². The van der Waals surface area contributed by atoms with Gasteiger partial charge in [0.15, 0.2) is 0 Å². The van der Waals surface area contributed by atoms with Crippen molar-refractivity contribution < 1.29 is 8.78 Å². The van der Waals surface area contributed by atoms with Crippen molar-refractivity contribution in [1.29, 1.82) is 0 Å². The molecule has 1 aromatic carbocycles. The van der Waals surface area contributed by atoms with Crippen molar-refractivity contribution >= 4 is 15.9 Å². The molecule has 20 heavy (non-hydrogen) atoms. The van der Waals surface area contributed by atoms with Crippen LogP contribution < -0.4 is 5.32 Å². The fourth-order valence-corrected chi connectivity index (χ4v) is 2.66. The van der Waals surface area contributed by atoms with E-state index in [1.165, 1.54) is 12.1 Å². The van der Waals surface area contributed by atoms with Gasteiger partial charge >= 0.3 is 0 Å². The predicted molar refractivity (Wildman–Crippen MR) is 77.5 cm³/mol. The lowest BCUT2D eigenvalue weighted by molar-refractivity contribution is 0.511. The maximum absolute atomic E-state index is 14.0. The first kappa shape index (κ1) is 15.1. The number of aryl methyl sites for hydroxylation is 2. The molecule has 0 amide bonds. The fraction of sp³-hybridized carbons (Fsp3) is 0.357. The normalized spacial score (nSPS) is 12.7. The highest BCUT2D eigenvalue weighted by molar-refractivity contribution is 9.10. The molecule has 6 heteroatoms. The summed E-state index contributed by atoms with van der Waals surface area (Å²) in [5, 5.41) is 7.36. The van der Waals surface area contributed by atoms with Gasteiger partial charge in [-0.1, -0.05) is 0 Å². The van der Waals surface area contributed by atoms with Crippen molar-refractivity contribution in [2.75, 3.05) is 7.05 Å². The summed E-state index contributed by atoms with van der Waals surface area (Å²) in [6.07, 6.45) is 2.09. The van der Waals surface area contributed by atoms with Gasteiger partial charge in [0.05, 0.1) is 10.2 Å². The Bertz CT molecular complexity index is 625. The molecule has 1 N–H and O–H groups in total. The van der Waals surface area contributed by atoms with Gasteiger partial charge in [0.2, 0.25) is 0 Å². The van der Waals surface area contributed by atoms with Crippen LogP contribution in [-0.4, -0.2) is 16.8 Å². The summed E-state index contributed by atoms with van der Waals surface area (Å²) in [6.45, 7) is 1.88. The first-order chi connectivity index (χ1) is 9.43. The van der Waals surface area contributed by atoms with E-state index in [-0.39, 0.29) is 22.5 Å². The molecule has 1 atom stereocenters. The van der Waals surface area contributed by atoms with Crippen LogP contribution in [0.25, 0.3) is 0 Å².